The maximum absolute atomic E-state index is 12.5. The monoisotopic (exact) mass is 304 g/mol. The zero-order valence-corrected chi connectivity index (χ0v) is 12.4. The average molecular weight is 305 g/mol. The number of halogens is 1. The average Bonchev–Trinajstić information content (AvgIpc) is 3.04. The van der Waals surface area contributed by atoms with Crippen LogP contribution in [0.4, 0.5) is 0 Å². The van der Waals surface area contributed by atoms with Crippen LogP contribution < -0.4 is 0 Å². The van der Waals surface area contributed by atoms with E-state index in [2.05, 4.69) is 10.1 Å². The first-order chi connectivity index (χ1) is 10.2. The normalized spacial score (nSPS) is 18.7. The number of rotatable bonds is 3. The van der Waals surface area contributed by atoms with Crippen LogP contribution in [-0.4, -0.2) is 38.7 Å². The molecule has 0 spiro atoms. The van der Waals surface area contributed by atoms with Crippen LogP contribution in [0.5, 0.6) is 0 Å². The maximum atomic E-state index is 12.5. The fourth-order valence-electron chi connectivity index (χ4n) is 2.72. The van der Waals surface area contributed by atoms with Crippen LogP contribution in [0.2, 0.25) is 5.02 Å². The lowest BCUT2D eigenvalue weighted by Crippen LogP contribution is -2.41. The highest BCUT2D eigenvalue weighted by atomic mass is 35.5. The Bertz CT molecular complexity index is 614. The SMILES string of the molecule is O=C(Cc1ccccc1Cl)N1CCC[C@H](n2cncn2)C1. The largest absolute Gasteiger partial charge is 0.340 e. The van der Waals surface area contributed by atoms with Crippen molar-refractivity contribution in [3.63, 3.8) is 0 Å². The minimum absolute atomic E-state index is 0.118. The third-order valence-electron chi connectivity index (χ3n) is 3.86. The second-order valence-electron chi connectivity index (χ2n) is 5.28. The molecule has 2 heterocycles. The van der Waals surface area contributed by atoms with Crippen LogP contribution in [0.3, 0.4) is 0 Å². The van der Waals surface area contributed by atoms with E-state index in [1.54, 1.807) is 6.33 Å². The van der Waals surface area contributed by atoms with E-state index in [0.717, 1.165) is 24.9 Å². The molecule has 1 aliphatic rings. The van der Waals surface area contributed by atoms with Gasteiger partial charge in [0.25, 0.3) is 0 Å². The van der Waals surface area contributed by atoms with E-state index in [1.165, 1.54) is 6.33 Å². The zero-order valence-electron chi connectivity index (χ0n) is 11.7. The number of benzene rings is 1. The number of carbonyl (C=O) groups is 1. The number of likely N-dealkylation sites (tertiary alicyclic amines) is 1. The fraction of sp³-hybridized carbons (Fsp3) is 0.400. The Hall–Kier alpha value is -1.88. The number of aromatic nitrogens is 3. The molecule has 110 valence electrons. The van der Waals surface area contributed by atoms with Crippen LogP contribution in [0.1, 0.15) is 24.4 Å². The molecule has 5 nitrogen and oxygen atoms in total. The predicted molar refractivity (Wildman–Crippen MR) is 80.0 cm³/mol. The maximum Gasteiger partial charge on any atom is 0.227 e. The first-order valence-electron chi connectivity index (χ1n) is 7.09. The number of hydrogen-bond donors (Lipinski definition) is 0. The molecule has 1 aromatic heterocycles. The summed E-state index contributed by atoms with van der Waals surface area (Å²) in [6.07, 6.45) is 5.61. The summed E-state index contributed by atoms with van der Waals surface area (Å²) in [7, 11) is 0. The molecule has 1 aliphatic heterocycles. The van der Waals surface area contributed by atoms with Crippen molar-refractivity contribution >= 4 is 17.5 Å². The van der Waals surface area contributed by atoms with Crippen molar-refractivity contribution in [2.75, 3.05) is 13.1 Å². The summed E-state index contributed by atoms with van der Waals surface area (Å²) in [6, 6.07) is 7.72. The summed E-state index contributed by atoms with van der Waals surface area (Å²) in [4.78, 5) is 18.3. The van der Waals surface area contributed by atoms with Gasteiger partial charge in [0.05, 0.1) is 12.5 Å². The molecule has 1 fully saturated rings. The summed E-state index contributed by atoms with van der Waals surface area (Å²) >= 11 is 6.12. The summed E-state index contributed by atoms with van der Waals surface area (Å²) in [5.41, 5.74) is 0.882. The van der Waals surface area contributed by atoms with Crippen LogP contribution in [0.15, 0.2) is 36.9 Å². The molecule has 0 radical (unpaired) electrons. The van der Waals surface area contributed by atoms with E-state index in [0.29, 0.717) is 18.0 Å². The molecular weight excluding hydrogens is 288 g/mol. The molecule has 0 N–H and O–H groups in total. The van der Waals surface area contributed by atoms with Crippen molar-refractivity contribution in [3.8, 4) is 0 Å². The van der Waals surface area contributed by atoms with Gasteiger partial charge in [-0.05, 0) is 24.5 Å². The fourth-order valence-corrected chi connectivity index (χ4v) is 2.92. The smallest absolute Gasteiger partial charge is 0.227 e. The molecule has 21 heavy (non-hydrogen) atoms. The molecule has 0 saturated carbocycles. The Balaban J connectivity index is 1.66. The number of hydrogen-bond acceptors (Lipinski definition) is 3. The van der Waals surface area contributed by atoms with Gasteiger partial charge in [-0.2, -0.15) is 5.10 Å². The first-order valence-corrected chi connectivity index (χ1v) is 7.47. The van der Waals surface area contributed by atoms with Crippen molar-refractivity contribution < 1.29 is 4.79 Å². The second-order valence-corrected chi connectivity index (χ2v) is 5.69. The van der Waals surface area contributed by atoms with E-state index in [1.807, 2.05) is 33.8 Å². The van der Waals surface area contributed by atoms with E-state index in [4.69, 9.17) is 11.6 Å². The van der Waals surface area contributed by atoms with Crippen molar-refractivity contribution in [1.29, 1.82) is 0 Å². The second kappa shape index (κ2) is 6.26. The van der Waals surface area contributed by atoms with E-state index >= 15 is 0 Å². The van der Waals surface area contributed by atoms with E-state index in [-0.39, 0.29) is 11.9 Å². The predicted octanol–water partition coefficient (Wildman–Crippen LogP) is 2.34. The van der Waals surface area contributed by atoms with Crippen LogP contribution >= 0.6 is 11.6 Å². The number of nitrogens with zero attached hydrogens (tertiary/aromatic N) is 4. The first kappa shape index (κ1) is 14.1. The molecule has 2 aromatic rings. The third kappa shape index (κ3) is 3.24. The Morgan fingerprint density at radius 1 is 1.38 bits per heavy atom. The summed E-state index contributed by atoms with van der Waals surface area (Å²) < 4.78 is 1.84. The van der Waals surface area contributed by atoms with Gasteiger partial charge in [0.15, 0.2) is 0 Å². The van der Waals surface area contributed by atoms with Crippen molar-refractivity contribution in [3.05, 3.63) is 47.5 Å². The summed E-state index contributed by atoms with van der Waals surface area (Å²) in [6.45, 7) is 1.49. The minimum Gasteiger partial charge on any atom is -0.340 e. The third-order valence-corrected chi connectivity index (χ3v) is 4.23. The highest BCUT2D eigenvalue weighted by Gasteiger charge is 2.25. The number of amides is 1. The Morgan fingerprint density at radius 2 is 2.24 bits per heavy atom. The van der Waals surface area contributed by atoms with Gasteiger partial charge in [-0.25, -0.2) is 9.67 Å². The lowest BCUT2D eigenvalue weighted by molar-refractivity contribution is -0.132. The van der Waals surface area contributed by atoms with Gasteiger partial charge in [-0.3, -0.25) is 4.79 Å². The lowest BCUT2D eigenvalue weighted by Gasteiger charge is -2.32. The highest BCUT2D eigenvalue weighted by Crippen LogP contribution is 2.22. The van der Waals surface area contributed by atoms with Gasteiger partial charge >= 0.3 is 0 Å². The zero-order chi connectivity index (χ0) is 14.7. The standard InChI is InChI=1S/C15H17ClN4O/c16-14-6-2-1-4-12(14)8-15(21)19-7-3-5-13(9-19)20-11-17-10-18-20/h1-2,4,6,10-11,13H,3,5,7-9H2/t13-/m0/s1. The molecule has 1 aromatic carbocycles. The highest BCUT2D eigenvalue weighted by molar-refractivity contribution is 6.31. The molecule has 1 atom stereocenters. The van der Waals surface area contributed by atoms with E-state index < -0.39 is 0 Å². The van der Waals surface area contributed by atoms with E-state index in [9.17, 15) is 4.79 Å². The molecule has 6 heteroatoms. The lowest BCUT2D eigenvalue weighted by atomic mass is 10.0. The molecule has 3 rings (SSSR count). The van der Waals surface area contributed by atoms with Gasteiger partial charge in [-0.1, -0.05) is 29.8 Å². The quantitative estimate of drug-likeness (QED) is 0.874. The summed E-state index contributed by atoms with van der Waals surface area (Å²) in [5, 5.41) is 4.83. The van der Waals surface area contributed by atoms with Crippen molar-refractivity contribution in [1.82, 2.24) is 19.7 Å². The van der Waals surface area contributed by atoms with Crippen LogP contribution in [0.25, 0.3) is 0 Å². The van der Waals surface area contributed by atoms with Crippen LogP contribution in [0, 0.1) is 0 Å². The van der Waals surface area contributed by atoms with Crippen molar-refractivity contribution in [2.24, 2.45) is 0 Å². The topological polar surface area (TPSA) is 51.0 Å². The molecule has 1 amide bonds. The van der Waals surface area contributed by atoms with Gasteiger partial charge < -0.3 is 4.90 Å². The molecule has 1 saturated heterocycles. The van der Waals surface area contributed by atoms with Gasteiger partial charge in [0.1, 0.15) is 12.7 Å². The Morgan fingerprint density at radius 3 is 3.00 bits per heavy atom. The van der Waals surface area contributed by atoms with Gasteiger partial charge in [-0.15, -0.1) is 0 Å². The van der Waals surface area contributed by atoms with Crippen molar-refractivity contribution in [2.45, 2.75) is 25.3 Å². The Labute approximate surface area is 128 Å². The van der Waals surface area contributed by atoms with Gasteiger partial charge in [0.2, 0.25) is 5.91 Å². The number of piperidine rings is 1. The molecule has 0 bridgehead atoms. The number of carbonyl (C=O) groups excluding carboxylic acids is 1. The summed E-state index contributed by atoms with van der Waals surface area (Å²) in [5.74, 6) is 0.118. The van der Waals surface area contributed by atoms with Crippen LogP contribution in [-0.2, 0) is 11.2 Å². The molecule has 0 aliphatic carbocycles. The Kier molecular flexibility index (Phi) is 4.20. The molecule has 0 unspecified atom stereocenters. The molecular formula is C15H17ClN4O. The van der Waals surface area contributed by atoms with Gasteiger partial charge in [0, 0.05) is 18.1 Å². The minimum atomic E-state index is 0.118.